The normalized spacial score (nSPS) is 17.1. The maximum absolute atomic E-state index is 12.6. The molecule has 2 fully saturated rings. The van der Waals surface area contributed by atoms with Gasteiger partial charge >= 0.3 is 11.9 Å². The topological polar surface area (TPSA) is 180 Å². The number of carbonyl (C=O) groups is 2. The molecule has 0 aliphatic carbocycles. The first kappa shape index (κ1) is 60.3. The molecule has 6 aromatic carbocycles. The number of ether oxygens (including phenoxy) is 4. The number of hydrogen-bond acceptors (Lipinski definition) is 12. The van der Waals surface area contributed by atoms with Crippen LogP contribution < -0.4 is 18.9 Å². The Bertz CT molecular complexity index is 3810. The number of hydrogen-bond donors (Lipinski definition) is 3. The van der Waals surface area contributed by atoms with Crippen molar-refractivity contribution in [3.05, 3.63) is 233 Å². The van der Waals surface area contributed by atoms with Gasteiger partial charge < -0.3 is 34.6 Å². The van der Waals surface area contributed by atoms with Crippen molar-refractivity contribution in [3.63, 3.8) is 0 Å². The van der Waals surface area contributed by atoms with Gasteiger partial charge in [-0.2, -0.15) is 0 Å². The van der Waals surface area contributed by atoms with Gasteiger partial charge in [-0.05, 0) is 94.8 Å². The van der Waals surface area contributed by atoms with Crippen LogP contribution in [-0.4, -0.2) is 87.6 Å². The van der Waals surface area contributed by atoms with Crippen LogP contribution >= 0.6 is 46.4 Å². The fraction of sp³-hybridized carbons (Fsp3) is 0.254. The Morgan fingerprint density at radius 1 is 0.541 bits per heavy atom. The van der Waals surface area contributed by atoms with Crippen LogP contribution in [0.3, 0.4) is 0 Å². The standard InChI is InChI=1S/C67H62Cl4N6O8/c1-40-46(38-84-64-22-62(82-36-44-18-42(24-72)26-74-28-44)48(20-60(64)70)30-76-32-54(56(34-76)66(78)79)52-12-4-6-16-58(52)68)10-8-14-50(40)51-15-9-11-47(41(51)2)39-85-65-23-63(83-37-45-19-43(25-73-3)27-75-29-45)49(21-61(65)71)31-77-33-55(57(35-77)67(80)81)53-13-5-7-17-59(53)69/h4-29,54-57,72H,30-39H2,1-3H3,(H,78,79)(H,80,81)/b72-24?,73-25+. The van der Waals surface area contributed by atoms with Gasteiger partial charge in [-0.3, -0.25) is 34.3 Å². The largest absolute Gasteiger partial charge is 0.488 e. The van der Waals surface area contributed by atoms with Crippen LogP contribution in [0.1, 0.15) is 78.6 Å². The van der Waals surface area contributed by atoms with E-state index in [9.17, 15) is 19.8 Å². The van der Waals surface area contributed by atoms with Crippen molar-refractivity contribution < 1.29 is 38.7 Å². The van der Waals surface area contributed by atoms with Crippen LogP contribution in [-0.2, 0) is 49.1 Å². The van der Waals surface area contributed by atoms with E-state index in [1.807, 2.05) is 84.9 Å². The molecule has 0 radical (unpaired) electrons. The number of nitrogens with one attached hydrogen (secondary N) is 1. The van der Waals surface area contributed by atoms with Crippen molar-refractivity contribution in [2.45, 2.75) is 65.2 Å². The fourth-order valence-electron chi connectivity index (χ4n) is 11.5. The van der Waals surface area contributed by atoms with E-state index < -0.39 is 23.8 Å². The van der Waals surface area contributed by atoms with E-state index in [-0.39, 0.29) is 38.3 Å². The summed E-state index contributed by atoms with van der Waals surface area (Å²) in [6.07, 6.45) is 9.72. The van der Waals surface area contributed by atoms with Crippen LogP contribution in [0.2, 0.25) is 20.1 Å². The summed E-state index contributed by atoms with van der Waals surface area (Å²) in [5.74, 6) is -1.87. The molecule has 2 saturated heterocycles. The lowest BCUT2D eigenvalue weighted by Crippen LogP contribution is -2.23. The molecule has 18 heteroatoms. The van der Waals surface area contributed by atoms with E-state index in [0.717, 1.165) is 72.3 Å². The molecular formula is C67H62Cl4N6O8. The molecule has 0 saturated carbocycles. The third kappa shape index (κ3) is 14.3. The number of aliphatic carboxylic acids is 2. The predicted octanol–water partition coefficient (Wildman–Crippen LogP) is 14.3. The molecule has 85 heavy (non-hydrogen) atoms. The Kier molecular flexibility index (Phi) is 19.5. The Balaban J connectivity index is 0.869. The summed E-state index contributed by atoms with van der Waals surface area (Å²) in [6, 6.07) is 38.0. The molecule has 2 aliphatic heterocycles. The highest BCUT2D eigenvalue weighted by Crippen LogP contribution is 2.43. The zero-order chi connectivity index (χ0) is 59.7. The average molecular weight is 1220 g/mol. The van der Waals surface area contributed by atoms with Gasteiger partial charge in [0, 0.05) is 151 Å². The van der Waals surface area contributed by atoms with E-state index in [0.29, 0.717) is 87.9 Å². The summed E-state index contributed by atoms with van der Waals surface area (Å²) >= 11 is 27.4. The molecule has 2 aromatic heterocycles. The van der Waals surface area contributed by atoms with Gasteiger partial charge in [-0.1, -0.05) is 119 Å². The van der Waals surface area contributed by atoms with Gasteiger partial charge in [0.05, 0.1) is 21.9 Å². The summed E-state index contributed by atoms with van der Waals surface area (Å²) in [7, 11) is 1.70. The van der Waals surface area contributed by atoms with Crippen molar-refractivity contribution >= 4 is 70.8 Å². The minimum absolute atomic E-state index is 0.148. The van der Waals surface area contributed by atoms with Crippen molar-refractivity contribution in [2.75, 3.05) is 33.2 Å². The Labute approximate surface area is 514 Å². The first-order valence-electron chi connectivity index (χ1n) is 27.7. The molecule has 3 N–H and O–H groups in total. The predicted molar refractivity (Wildman–Crippen MR) is 333 cm³/mol. The van der Waals surface area contributed by atoms with Gasteiger partial charge in [0.2, 0.25) is 0 Å². The van der Waals surface area contributed by atoms with Crippen molar-refractivity contribution in [3.8, 4) is 34.1 Å². The minimum atomic E-state index is -0.889. The third-order valence-electron chi connectivity index (χ3n) is 15.9. The van der Waals surface area contributed by atoms with Crippen LogP contribution in [0.25, 0.3) is 11.1 Å². The SMILES string of the molecule is C/N=C/c1cncc(COc2cc(OCc3cccc(-c4cccc(COc5cc(OCc6cncc(C=N)c6)c(CN6CC(C(=O)O)C(c7ccccc7Cl)C6)cc5Cl)c4C)c3C)c(Cl)cc2CN2CC(C(=O)O)C(c3ccccc3Cl)C2)c1. The number of pyridine rings is 2. The summed E-state index contributed by atoms with van der Waals surface area (Å²) in [5.41, 5.74) is 12.1. The highest BCUT2D eigenvalue weighted by Gasteiger charge is 2.41. The van der Waals surface area contributed by atoms with E-state index in [1.165, 1.54) is 6.21 Å². The van der Waals surface area contributed by atoms with Gasteiger partial charge in [-0.25, -0.2) is 0 Å². The maximum atomic E-state index is 12.6. The summed E-state index contributed by atoms with van der Waals surface area (Å²) in [5, 5.41) is 30.2. The number of carboxylic acids is 2. The lowest BCUT2D eigenvalue weighted by molar-refractivity contribution is -0.142. The first-order valence-corrected chi connectivity index (χ1v) is 29.2. The molecule has 0 spiro atoms. The summed E-state index contributed by atoms with van der Waals surface area (Å²) < 4.78 is 26.2. The van der Waals surface area contributed by atoms with Crippen LogP contribution in [0.4, 0.5) is 0 Å². The fourth-order valence-corrected chi connectivity index (χ4v) is 12.5. The second-order valence-corrected chi connectivity index (χ2v) is 23.1. The first-order chi connectivity index (χ1) is 41.1. The van der Waals surface area contributed by atoms with E-state index in [1.54, 1.807) is 62.3 Å². The number of aromatic nitrogens is 2. The average Bonchev–Trinajstić information content (AvgIpc) is 4.29. The van der Waals surface area contributed by atoms with E-state index >= 15 is 0 Å². The molecule has 4 unspecified atom stereocenters. The molecule has 4 heterocycles. The highest BCUT2D eigenvalue weighted by atomic mass is 35.5. The number of rotatable bonds is 23. The molecule has 8 aromatic rings. The van der Waals surface area contributed by atoms with Gasteiger partial charge in [0.25, 0.3) is 0 Å². The number of carboxylic acid groups (broad SMARTS) is 2. The molecule has 14 nitrogen and oxygen atoms in total. The minimum Gasteiger partial charge on any atom is -0.488 e. The second kappa shape index (κ2) is 27.5. The molecule has 2 aliphatic rings. The Morgan fingerprint density at radius 2 is 0.976 bits per heavy atom. The van der Waals surface area contributed by atoms with Crippen LogP contribution in [0.5, 0.6) is 23.0 Å². The maximum Gasteiger partial charge on any atom is 0.308 e. The Morgan fingerprint density at radius 3 is 1.41 bits per heavy atom. The monoisotopic (exact) mass is 1220 g/mol. The Hall–Kier alpha value is -7.82. The molecular weight excluding hydrogens is 1160 g/mol. The third-order valence-corrected chi connectivity index (χ3v) is 17.1. The molecule has 0 amide bonds. The van der Waals surface area contributed by atoms with Gasteiger partial charge in [0.1, 0.15) is 49.4 Å². The molecule has 4 atom stereocenters. The zero-order valence-corrected chi connectivity index (χ0v) is 50.0. The zero-order valence-electron chi connectivity index (χ0n) is 47.0. The molecule has 436 valence electrons. The van der Waals surface area contributed by atoms with Crippen molar-refractivity contribution in [2.24, 2.45) is 16.8 Å². The second-order valence-electron chi connectivity index (χ2n) is 21.4. The van der Waals surface area contributed by atoms with E-state index in [4.69, 9.17) is 70.8 Å². The highest BCUT2D eigenvalue weighted by molar-refractivity contribution is 6.33. The number of benzene rings is 6. The number of likely N-dealkylation sites (tertiary alicyclic amines) is 2. The van der Waals surface area contributed by atoms with Crippen molar-refractivity contribution in [1.29, 1.82) is 5.41 Å². The smallest absolute Gasteiger partial charge is 0.308 e. The summed E-state index contributed by atoms with van der Waals surface area (Å²) in [4.78, 5) is 42.2. The molecule has 10 rings (SSSR count). The lowest BCUT2D eigenvalue weighted by atomic mass is 9.89. The van der Waals surface area contributed by atoms with Crippen molar-refractivity contribution in [1.82, 2.24) is 19.8 Å². The van der Waals surface area contributed by atoms with Gasteiger partial charge in [-0.15, -0.1) is 0 Å². The van der Waals surface area contributed by atoms with E-state index in [2.05, 4.69) is 50.7 Å². The molecule has 0 bridgehead atoms. The summed E-state index contributed by atoms with van der Waals surface area (Å²) in [6.45, 7) is 7.11. The van der Waals surface area contributed by atoms with Crippen LogP contribution in [0, 0.1) is 31.1 Å². The number of aliphatic imine (C=N–C) groups is 1. The van der Waals surface area contributed by atoms with Gasteiger partial charge in [0.15, 0.2) is 0 Å². The van der Waals surface area contributed by atoms with Crippen LogP contribution in [0.15, 0.2) is 151 Å². The lowest BCUT2D eigenvalue weighted by Gasteiger charge is -2.21. The quantitative estimate of drug-likeness (QED) is 0.0517. The number of nitrogens with zero attached hydrogens (tertiary/aromatic N) is 5. The number of halogens is 4.